The molecule has 1 N–H and O–H groups in total. The molecule has 0 unspecified atom stereocenters. The number of hydrogen-bond acceptors (Lipinski definition) is 3. The predicted molar refractivity (Wildman–Crippen MR) is 107 cm³/mol. The van der Waals surface area contributed by atoms with Crippen molar-refractivity contribution < 1.29 is 9.59 Å². The number of aromatic amines is 1. The molecule has 2 aliphatic rings. The Bertz CT molecular complexity index is 1060. The first-order chi connectivity index (χ1) is 13.7. The lowest BCUT2D eigenvalue weighted by Gasteiger charge is -2.35. The average molecular weight is 374 g/mol. The molecule has 1 aromatic heterocycles. The molecule has 2 heterocycles. The molecule has 2 amide bonds. The molecule has 0 saturated carbocycles. The summed E-state index contributed by atoms with van der Waals surface area (Å²) in [5.41, 5.74) is 4.41. The highest BCUT2D eigenvalue weighted by Gasteiger charge is 2.31. The van der Waals surface area contributed by atoms with Crippen molar-refractivity contribution in [3.63, 3.8) is 0 Å². The number of nitrogens with zero attached hydrogens (tertiary/aromatic N) is 3. The minimum Gasteiger partial charge on any atom is -0.332 e. The zero-order chi connectivity index (χ0) is 19.1. The van der Waals surface area contributed by atoms with Crippen LogP contribution < -0.4 is 4.90 Å². The molecule has 5 rings (SSSR count). The molecule has 0 bridgehead atoms. The lowest BCUT2D eigenvalue weighted by atomic mass is 9.97. The molecular weight excluding hydrogens is 352 g/mol. The number of hydrogen-bond donors (Lipinski definition) is 1. The van der Waals surface area contributed by atoms with Gasteiger partial charge in [0.25, 0.3) is 0 Å². The van der Waals surface area contributed by atoms with Gasteiger partial charge in [-0.2, -0.15) is 5.10 Å². The van der Waals surface area contributed by atoms with Crippen LogP contribution in [0.1, 0.15) is 29.9 Å². The van der Waals surface area contributed by atoms with Crippen LogP contribution >= 0.6 is 0 Å². The van der Waals surface area contributed by atoms with E-state index in [0.29, 0.717) is 19.5 Å². The molecule has 28 heavy (non-hydrogen) atoms. The van der Waals surface area contributed by atoms with Crippen LogP contribution in [0.2, 0.25) is 0 Å². The molecule has 1 aliphatic heterocycles. The summed E-state index contributed by atoms with van der Waals surface area (Å²) in [7, 11) is 0. The van der Waals surface area contributed by atoms with E-state index in [4.69, 9.17) is 0 Å². The predicted octanol–water partition coefficient (Wildman–Crippen LogP) is 2.86. The third-order valence-electron chi connectivity index (χ3n) is 5.99. The molecule has 0 radical (unpaired) electrons. The standard InChI is InChI=1S/C22H22N4O2/c27-21(11-16-6-5-15-3-1-2-4-19(15)16)25-9-10-26(22(28)14-25)18-8-7-17-13-23-24-20(17)12-18/h1-4,7-8,12-13,16H,5-6,9-11,14H2,(H,23,24)/t16-/m1/s1. The van der Waals surface area contributed by atoms with Crippen LogP contribution in [0.5, 0.6) is 0 Å². The monoisotopic (exact) mass is 374 g/mol. The first-order valence-corrected chi connectivity index (χ1v) is 9.78. The highest BCUT2D eigenvalue weighted by molar-refractivity contribution is 5.99. The lowest BCUT2D eigenvalue weighted by molar-refractivity contribution is -0.137. The van der Waals surface area contributed by atoms with E-state index in [0.717, 1.165) is 29.4 Å². The van der Waals surface area contributed by atoms with E-state index in [-0.39, 0.29) is 24.3 Å². The summed E-state index contributed by atoms with van der Waals surface area (Å²) in [4.78, 5) is 29.0. The van der Waals surface area contributed by atoms with Crippen LogP contribution in [-0.2, 0) is 16.0 Å². The normalized spacial score (nSPS) is 19.3. The van der Waals surface area contributed by atoms with E-state index in [9.17, 15) is 9.59 Å². The quantitative estimate of drug-likeness (QED) is 0.766. The summed E-state index contributed by atoms with van der Waals surface area (Å²) in [6, 6.07) is 14.2. The van der Waals surface area contributed by atoms with Crippen LogP contribution in [0.3, 0.4) is 0 Å². The fourth-order valence-electron chi connectivity index (χ4n) is 4.45. The van der Waals surface area contributed by atoms with Crippen LogP contribution in [-0.4, -0.2) is 46.5 Å². The second-order valence-corrected chi connectivity index (χ2v) is 7.64. The Hall–Kier alpha value is -3.15. The molecule has 1 aliphatic carbocycles. The van der Waals surface area contributed by atoms with Crippen LogP contribution in [0, 0.1) is 0 Å². The van der Waals surface area contributed by atoms with Gasteiger partial charge >= 0.3 is 0 Å². The van der Waals surface area contributed by atoms with Gasteiger partial charge in [-0.15, -0.1) is 0 Å². The van der Waals surface area contributed by atoms with Crippen molar-refractivity contribution in [1.82, 2.24) is 15.1 Å². The van der Waals surface area contributed by atoms with Crippen molar-refractivity contribution >= 4 is 28.4 Å². The van der Waals surface area contributed by atoms with Gasteiger partial charge in [0, 0.05) is 30.6 Å². The topological polar surface area (TPSA) is 69.3 Å². The molecule has 1 saturated heterocycles. The molecule has 2 aromatic carbocycles. The molecule has 142 valence electrons. The summed E-state index contributed by atoms with van der Waals surface area (Å²) in [5.74, 6) is 0.323. The minimum absolute atomic E-state index is 0.0368. The number of aromatic nitrogens is 2. The zero-order valence-electron chi connectivity index (χ0n) is 15.6. The fraction of sp³-hybridized carbons (Fsp3) is 0.318. The van der Waals surface area contributed by atoms with Gasteiger partial charge in [0.2, 0.25) is 11.8 Å². The van der Waals surface area contributed by atoms with Crippen molar-refractivity contribution in [1.29, 1.82) is 0 Å². The SMILES string of the molecule is O=C(C[C@H]1CCc2ccccc21)N1CCN(c2ccc3cn[nH]c3c2)C(=O)C1. The summed E-state index contributed by atoms with van der Waals surface area (Å²) < 4.78 is 0. The first kappa shape index (κ1) is 17.0. The van der Waals surface area contributed by atoms with Gasteiger partial charge in [-0.25, -0.2) is 0 Å². The molecule has 6 nitrogen and oxygen atoms in total. The molecular formula is C22H22N4O2. The van der Waals surface area contributed by atoms with Gasteiger partial charge in [-0.3, -0.25) is 14.7 Å². The van der Waals surface area contributed by atoms with Crippen molar-refractivity contribution in [2.24, 2.45) is 0 Å². The van der Waals surface area contributed by atoms with E-state index < -0.39 is 0 Å². The maximum Gasteiger partial charge on any atom is 0.246 e. The van der Waals surface area contributed by atoms with Crippen LogP contribution in [0.15, 0.2) is 48.7 Å². The summed E-state index contributed by atoms with van der Waals surface area (Å²) in [6.45, 7) is 1.24. The van der Waals surface area contributed by atoms with E-state index in [1.54, 1.807) is 16.0 Å². The van der Waals surface area contributed by atoms with Crippen molar-refractivity contribution in [2.75, 3.05) is 24.5 Å². The Labute approximate surface area is 163 Å². The number of carbonyl (C=O) groups excluding carboxylic acids is 2. The smallest absolute Gasteiger partial charge is 0.246 e. The van der Waals surface area contributed by atoms with E-state index in [2.05, 4.69) is 28.4 Å². The number of nitrogens with one attached hydrogen (secondary N) is 1. The van der Waals surface area contributed by atoms with Gasteiger partial charge in [0.05, 0.1) is 11.7 Å². The largest absolute Gasteiger partial charge is 0.332 e. The van der Waals surface area contributed by atoms with E-state index in [1.165, 1.54) is 11.1 Å². The first-order valence-electron chi connectivity index (χ1n) is 9.78. The Morgan fingerprint density at radius 1 is 1.18 bits per heavy atom. The number of amides is 2. The number of benzene rings is 2. The molecule has 3 aromatic rings. The van der Waals surface area contributed by atoms with Gasteiger partial charge < -0.3 is 9.80 Å². The number of rotatable bonds is 3. The number of anilines is 1. The number of H-pyrrole nitrogens is 1. The Kier molecular flexibility index (Phi) is 4.11. The molecule has 6 heteroatoms. The summed E-state index contributed by atoms with van der Waals surface area (Å²) in [6.07, 6.45) is 4.31. The number of piperazine rings is 1. The number of carbonyl (C=O) groups is 2. The third kappa shape index (κ3) is 2.95. The van der Waals surface area contributed by atoms with Gasteiger partial charge in [-0.1, -0.05) is 24.3 Å². The molecule has 1 fully saturated rings. The fourth-order valence-corrected chi connectivity index (χ4v) is 4.45. The van der Waals surface area contributed by atoms with Crippen molar-refractivity contribution in [3.8, 4) is 0 Å². The number of aryl methyl sites for hydroxylation is 1. The molecule has 1 atom stereocenters. The highest BCUT2D eigenvalue weighted by Crippen LogP contribution is 2.35. The van der Waals surface area contributed by atoms with Gasteiger partial charge in [0.1, 0.15) is 6.54 Å². The van der Waals surface area contributed by atoms with Crippen LogP contribution in [0.25, 0.3) is 10.9 Å². The van der Waals surface area contributed by atoms with Crippen molar-refractivity contribution in [3.05, 3.63) is 59.8 Å². The van der Waals surface area contributed by atoms with Crippen LogP contribution in [0.4, 0.5) is 5.69 Å². The summed E-state index contributed by atoms with van der Waals surface area (Å²) in [5, 5.41) is 7.98. The second-order valence-electron chi connectivity index (χ2n) is 7.64. The number of fused-ring (bicyclic) bond motifs is 2. The van der Waals surface area contributed by atoms with Gasteiger partial charge in [-0.05, 0) is 48.1 Å². The second kappa shape index (κ2) is 6.78. The highest BCUT2D eigenvalue weighted by atomic mass is 16.2. The Balaban J connectivity index is 1.25. The lowest BCUT2D eigenvalue weighted by Crippen LogP contribution is -2.52. The Morgan fingerprint density at radius 2 is 2.07 bits per heavy atom. The zero-order valence-corrected chi connectivity index (χ0v) is 15.6. The third-order valence-corrected chi connectivity index (χ3v) is 5.99. The maximum absolute atomic E-state index is 12.8. The molecule has 0 spiro atoms. The van der Waals surface area contributed by atoms with E-state index in [1.807, 2.05) is 24.3 Å². The van der Waals surface area contributed by atoms with Crippen molar-refractivity contribution in [2.45, 2.75) is 25.2 Å². The average Bonchev–Trinajstić information content (AvgIpc) is 3.34. The maximum atomic E-state index is 12.8. The Morgan fingerprint density at radius 3 is 2.96 bits per heavy atom. The minimum atomic E-state index is -0.0368. The summed E-state index contributed by atoms with van der Waals surface area (Å²) >= 11 is 0. The van der Waals surface area contributed by atoms with Gasteiger partial charge in [0.15, 0.2) is 0 Å². The van der Waals surface area contributed by atoms with E-state index >= 15 is 0 Å².